The van der Waals surface area contributed by atoms with Crippen LogP contribution in [0.3, 0.4) is 0 Å². The van der Waals surface area contributed by atoms with Crippen molar-refractivity contribution in [1.29, 1.82) is 0 Å². The normalized spacial score (nSPS) is 22.6. The summed E-state index contributed by atoms with van der Waals surface area (Å²) in [7, 11) is 6.65. The van der Waals surface area contributed by atoms with E-state index in [1.165, 1.54) is 88.7 Å². The van der Waals surface area contributed by atoms with Gasteiger partial charge in [0.05, 0.1) is 18.1 Å². The molecule has 0 amide bonds. The van der Waals surface area contributed by atoms with Crippen LogP contribution in [0, 0.1) is 6.92 Å². The van der Waals surface area contributed by atoms with Crippen LogP contribution in [0.1, 0.15) is 102 Å². The topological polar surface area (TPSA) is 52.3 Å². The summed E-state index contributed by atoms with van der Waals surface area (Å²) in [6.07, 6.45) is 17.0. The molecule has 0 bridgehead atoms. The minimum atomic E-state index is 0.562. The Morgan fingerprint density at radius 1 is 0.972 bits per heavy atom. The van der Waals surface area contributed by atoms with E-state index >= 15 is 0 Å². The maximum absolute atomic E-state index is 4.36. The second kappa shape index (κ2) is 15.6. The lowest BCUT2D eigenvalue weighted by Crippen LogP contribution is -2.45. The number of likely N-dealkylation sites (N-methyl/N-ethyl adjacent to an activating group) is 3. The van der Waals surface area contributed by atoms with Gasteiger partial charge in [0, 0.05) is 49.9 Å². The highest BCUT2D eigenvalue weighted by Gasteiger charge is 2.41. The molecule has 2 aliphatic heterocycles. The van der Waals surface area contributed by atoms with Gasteiger partial charge in [0.2, 0.25) is 0 Å². The van der Waals surface area contributed by atoms with Crippen molar-refractivity contribution in [2.75, 3.05) is 40.9 Å². The van der Waals surface area contributed by atoms with Crippen LogP contribution in [0.4, 0.5) is 0 Å². The molecule has 1 aromatic rings. The van der Waals surface area contributed by atoms with Crippen molar-refractivity contribution in [1.82, 2.24) is 24.6 Å². The first-order valence-corrected chi connectivity index (χ1v) is 14.5. The molecule has 1 aromatic heterocycles. The fraction of sp³-hybridized carbons (Fsp3) is 0.828. The van der Waals surface area contributed by atoms with Gasteiger partial charge in [-0.1, -0.05) is 52.4 Å². The molecule has 7 heteroatoms. The summed E-state index contributed by atoms with van der Waals surface area (Å²) in [6, 6.07) is 0.670. The Bertz CT molecular complexity index is 788. The van der Waals surface area contributed by atoms with Crippen LogP contribution in [0.15, 0.2) is 10.1 Å². The van der Waals surface area contributed by atoms with Crippen LogP contribution < -0.4 is 0 Å². The third-order valence-corrected chi connectivity index (χ3v) is 8.11. The van der Waals surface area contributed by atoms with Gasteiger partial charge < -0.3 is 4.90 Å². The number of hydrogen-bond donors (Lipinski definition) is 0. The first kappa shape index (κ1) is 30.7. The zero-order valence-electron chi connectivity index (χ0n) is 24.6. The monoisotopic (exact) mass is 501 g/mol. The number of nitrogens with zero attached hydrogens (tertiary/aromatic N) is 7. The molecular formula is C29H55N7. The number of fused-ring (bicyclic) bond motifs is 1. The Kier molecular flexibility index (Phi) is 13.3. The van der Waals surface area contributed by atoms with Crippen LogP contribution in [0.5, 0.6) is 0 Å². The van der Waals surface area contributed by atoms with Crippen molar-refractivity contribution in [3.8, 4) is 0 Å². The highest BCUT2D eigenvalue weighted by atomic mass is 15.5. The molecule has 1 saturated heterocycles. The van der Waals surface area contributed by atoms with Gasteiger partial charge in [-0.25, -0.2) is 0 Å². The van der Waals surface area contributed by atoms with Gasteiger partial charge in [-0.3, -0.25) is 14.8 Å². The number of aryl methyl sites for hydroxylation is 1. The molecule has 206 valence electrons. The van der Waals surface area contributed by atoms with E-state index in [1.54, 1.807) is 4.79 Å². The summed E-state index contributed by atoms with van der Waals surface area (Å²) in [4.78, 5) is 13.3. The van der Waals surface area contributed by atoms with E-state index in [4.69, 9.17) is 0 Å². The Labute approximate surface area is 222 Å². The third kappa shape index (κ3) is 8.49. The predicted octanol–water partition coefficient (Wildman–Crippen LogP) is 5.60. The lowest BCUT2D eigenvalue weighted by molar-refractivity contribution is 0.131. The fourth-order valence-electron chi connectivity index (χ4n) is 6.19. The lowest BCUT2D eigenvalue weighted by Gasteiger charge is -2.38. The standard InChI is InChI=1S/C10H20N2.C9H14N4.C8H15N.C2H6/c1-11-8-10(12(2)9-11)6-4-3-5-7-10;1-7-8-6-12(3)5-4-9(8)13(10-2)11-7;1-2-9-8-6-4-3-5-7-8;1-2/h3-9H2,1-2H3;2,4-6H2,1,3H3;2,8H,3-7H2,1H3;1-2H3. The second-order valence-corrected chi connectivity index (χ2v) is 10.9. The summed E-state index contributed by atoms with van der Waals surface area (Å²) in [6.45, 7) is 16.1. The molecule has 7 nitrogen and oxygen atoms in total. The van der Waals surface area contributed by atoms with Gasteiger partial charge in [-0.2, -0.15) is 15.0 Å². The number of rotatable bonds is 2. The number of aromatic nitrogens is 2. The highest BCUT2D eigenvalue weighted by Crippen LogP contribution is 2.36. The molecule has 0 radical (unpaired) electrons. The molecule has 3 heterocycles. The quantitative estimate of drug-likeness (QED) is 0.495. The zero-order valence-corrected chi connectivity index (χ0v) is 24.6. The second-order valence-electron chi connectivity index (χ2n) is 10.9. The molecule has 2 saturated carbocycles. The minimum absolute atomic E-state index is 0.562. The van der Waals surface area contributed by atoms with Crippen molar-refractivity contribution in [3.63, 3.8) is 0 Å². The van der Waals surface area contributed by atoms with Crippen LogP contribution in [-0.2, 0) is 13.0 Å². The number of aliphatic imine (C=N–C) groups is 1. The molecule has 3 fully saturated rings. The lowest BCUT2D eigenvalue weighted by atomic mass is 9.81. The molecule has 0 atom stereocenters. The first-order chi connectivity index (χ1) is 17.4. The minimum Gasteiger partial charge on any atom is -0.302 e. The Balaban J connectivity index is 0.000000187. The van der Waals surface area contributed by atoms with Crippen molar-refractivity contribution >= 4 is 12.9 Å². The Hall–Kier alpha value is -1.57. The summed E-state index contributed by atoms with van der Waals surface area (Å²) in [5, 5.41) is 8.17. The molecular weight excluding hydrogens is 446 g/mol. The summed E-state index contributed by atoms with van der Waals surface area (Å²) in [5.74, 6) is 0. The zero-order chi connectivity index (χ0) is 26.6. The van der Waals surface area contributed by atoms with E-state index in [0.29, 0.717) is 11.6 Å². The fourth-order valence-corrected chi connectivity index (χ4v) is 6.19. The van der Waals surface area contributed by atoms with Gasteiger partial charge in [0.15, 0.2) is 0 Å². The highest BCUT2D eigenvalue weighted by molar-refractivity contribution is 5.53. The molecule has 0 unspecified atom stereocenters. The van der Waals surface area contributed by atoms with E-state index in [1.807, 2.05) is 33.9 Å². The van der Waals surface area contributed by atoms with Gasteiger partial charge in [-0.15, -0.1) is 0 Å². The van der Waals surface area contributed by atoms with Crippen LogP contribution in [-0.4, -0.2) is 90.0 Å². The molecule has 4 aliphatic rings. The van der Waals surface area contributed by atoms with Crippen molar-refractivity contribution in [2.45, 2.75) is 116 Å². The van der Waals surface area contributed by atoms with Crippen molar-refractivity contribution in [3.05, 3.63) is 17.0 Å². The first-order valence-electron chi connectivity index (χ1n) is 14.5. The van der Waals surface area contributed by atoms with E-state index in [0.717, 1.165) is 25.2 Å². The van der Waals surface area contributed by atoms with Gasteiger partial charge in [0.1, 0.15) is 0 Å². The largest absolute Gasteiger partial charge is 0.302 e. The van der Waals surface area contributed by atoms with E-state index in [2.05, 4.69) is 57.8 Å². The van der Waals surface area contributed by atoms with Gasteiger partial charge >= 0.3 is 0 Å². The molecule has 0 aromatic carbocycles. The smallest absolute Gasteiger partial charge is 0.0706 e. The molecule has 5 rings (SSSR count). The Morgan fingerprint density at radius 3 is 2.17 bits per heavy atom. The van der Waals surface area contributed by atoms with Crippen LogP contribution in [0.25, 0.3) is 0 Å². The molecule has 1 spiro atoms. The molecule has 0 N–H and O–H groups in total. The third-order valence-electron chi connectivity index (χ3n) is 8.11. The maximum atomic E-state index is 4.36. The van der Waals surface area contributed by atoms with Gasteiger partial charge in [-0.05, 0) is 66.9 Å². The average molecular weight is 502 g/mol. The molecule has 36 heavy (non-hydrogen) atoms. The maximum Gasteiger partial charge on any atom is 0.0706 e. The van der Waals surface area contributed by atoms with E-state index in [9.17, 15) is 0 Å². The molecule has 2 aliphatic carbocycles. The summed E-state index contributed by atoms with van der Waals surface area (Å²) >= 11 is 0. The van der Waals surface area contributed by atoms with Gasteiger partial charge in [0.25, 0.3) is 0 Å². The van der Waals surface area contributed by atoms with Crippen molar-refractivity contribution in [2.24, 2.45) is 10.1 Å². The van der Waals surface area contributed by atoms with E-state index < -0.39 is 0 Å². The SMILES string of the molecule is C=Nn1nc(C)c2c1CCN(C)C2.CC.CC=NC1CCCCC1.CN1CN(C)C2(CCCCC2)C1. The van der Waals surface area contributed by atoms with Crippen LogP contribution in [0.2, 0.25) is 0 Å². The summed E-state index contributed by atoms with van der Waals surface area (Å²) in [5.41, 5.74) is 4.19. The van der Waals surface area contributed by atoms with Crippen LogP contribution >= 0.6 is 0 Å². The average Bonchev–Trinajstić information content (AvgIpc) is 3.36. The summed E-state index contributed by atoms with van der Waals surface area (Å²) < 4.78 is 0. The number of hydrogen-bond acceptors (Lipinski definition) is 6. The van der Waals surface area contributed by atoms with E-state index in [-0.39, 0.29) is 0 Å². The Morgan fingerprint density at radius 2 is 1.61 bits per heavy atom. The van der Waals surface area contributed by atoms with Crippen molar-refractivity contribution < 1.29 is 0 Å². The predicted molar refractivity (Wildman–Crippen MR) is 155 cm³/mol.